The van der Waals surface area contributed by atoms with Crippen LogP contribution >= 0.6 is 15.9 Å². The summed E-state index contributed by atoms with van der Waals surface area (Å²) in [5, 5.41) is 4.02. The highest BCUT2D eigenvalue weighted by Gasteiger charge is 2.38. The number of hydrogen-bond donors (Lipinski definition) is 2. The molecule has 19 heavy (non-hydrogen) atoms. The summed E-state index contributed by atoms with van der Waals surface area (Å²) in [5.74, 6) is -1.04. The Hall–Kier alpha value is -1.19. The normalized spacial score (nSPS) is 20.1. The second kappa shape index (κ2) is 4.73. The molecule has 1 unspecified atom stereocenters. The monoisotopic (exact) mass is 351 g/mol. The maximum Gasteiger partial charge on any atom is 0.228 e. The maximum atomic E-state index is 13.5. The van der Waals surface area contributed by atoms with E-state index in [9.17, 15) is 17.6 Å². The highest BCUT2D eigenvalue weighted by atomic mass is 79.9. The Morgan fingerprint density at radius 2 is 2.05 bits per heavy atom. The number of carbonyl (C=O) groups is 1. The summed E-state index contributed by atoms with van der Waals surface area (Å²) in [4.78, 5) is 12.9. The molecule has 104 valence electrons. The molecule has 1 amide bonds. The van der Waals surface area contributed by atoms with Crippen molar-refractivity contribution in [3.05, 3.63) is 22.4 Å². The van der Waals surface area contributed by atoms with Gasteiger partial charge in [-0.2, -0.15) is 0 Å². The van der Waals surface area contributed by atoms with E-state index in [0.717, 1.165) is 11.0 Å². The lowest BCUT2D eigenvalue weighted by atomic mass is 10.2. The fourth-order valence-corrected chi connectivity index (χ4v) is 3.01. The van der Waals surface area contributed by atoms with Crippen molar-refractivity contribution in [2.45, 2.75) is 11.7 Å². The van der Waals surface area contributed by atoms with Crippen LogP contribution in [-0.2, 0) is 14.8 Å². The third kappa shape index (κ3) is 2.72. The molecule has 1 aromatic carbocycles. The standard InChI is InChI=1S/C10H11BrFN3O3S/c11-6-2-8(13)9(3-7(6)12)15-4-5(1-10(15)16)19(14,17)18/h2-3,5H,1,4,13H2,(H2,14,17,18). The number of primary sulfonamides is 1. The lowest BCUT2D eigenvalue weighted by Crippen LogP contribution is -2.32. The van der Waals surface area contributed by atoms with Crippen LogP contribution in [-0.4, -0.2) is 26.1 Å². The molecular weight excluding hydrogens is 341 g/mol. The lowest BCUT2D eigenvalue weighted by Gasteiger charge is -2.19. The van der Waals surface area contributed by atoms with E-state index in [0.29, 0.717) is 0 Å². The van der Waals surface area contributed by atoms with Crippen molar-refractivity contribution in [2.75, 3.05) is 17.2 Å². The molecule has 0 radical (unpaired) electrons. The predicted molar refractivity (Wildman–Crippen MR) is 72.4 cm³/mol. The largest absolute Gasteiger partial charge is 0.397 e. The first-order chi connectivity index (χ1) is 8.70. The number of halogens is 2. The SMILES string of the molecule is Nc1cc(Br)c(F)cc1N1CC(S(N)(=O)=O)CC1=O. The minimum absolute atomic E-state index is 0.122. The lowest BCUT2D eigenvalue weighted by molar-refractivity contribution is -0.117. The van der Waals surface area contributed by atoms with E-state index in [1.807, 2.05) is 0 Å². The number of nitrogen functional groups attached to an aromatic ring is 1. The van der Waals surface area contributed by atoms with Crippen molar-refractivity contribution in [2.24, 2.45) is 5.14 Å². The summed E-state index contributed by atoms with van der Waals surface area (Å²) in [7, 11) is -3.81. The molecule has 1 saturated heterocycles. The molecular formula is C10H11BrFN3O3S. The van der Waals surface area contributed by atoms with Crippen molar-refractivity contribution >= 4 is 43.2 Å². The highest BCUT2D eigenvalue weighted by Crippen LogP contribution is 2.32. The Kier molecular flexibility index (Phi) is 3.54. The van der Waals surface area contributed by atoms with Gasteiger partial charge in [0.2, 0.25) is 15.9 Å². The Morgan fingerprint density at radius 3 is 2.58 bits per heavy atom. The molecule has 0 aromatic heterocycles. The van der Waals surface area contributed by atoms with Crippen LogP contribution in [0.5, 0.6) is 0 Å². The van der Waals surface area contributed by atoms with Gasteiger partial charge in [0.15, 0.2) is 0 Å². The van der Waals surface area contributed by atoms with Gasteiger partial charge < -0.3 is 10.6 Å². The Bertz CT molecular complexity index is 650. The average Bonchev–Trinajstić information content (AvgIpc) is 2.65. The van der Waals surface area contributed by atoms with Crippen LogP contribution in [0.3, 0.4) is 0 Å². The van der Waals surface area contributed by atoms with Crippen LogP contribution in [0.2, 0.25) is 0 Å². The van der Waals surface area contributed by atoms with Crippen LogP contribution in [0, 0.1) is 5.82 Å². The van der Waals surface area contributed by atoms with Crippen LogP contribution < -0.4 is 15.8 Å². The number of rotatable bonds is 2. The average molecular weight is 352 g/mol. The first-order valence-electron chi connectivity index (χ1n) is 5.26. The molecule has 0 spiro atoms. The number of amides is 1. The van der Waals surface area contributed by atoms with Crippen molar-refractivity contribution in [3.8, 4) is 0 Å². The number of nitrogens with two attached hydrogens (primary N) is 2. The van der Waals surface area contributed by atoms with E-state index in [2.05, 4.69) is 15.9 Å². The summed E-state index contributed by atoms with van der Waals surface area (Å²) in [6.07, 6.45) is -0.226. The number of hydrogen-bond acceptors (Lipinski definition) is 4. The minimum atomic E-state index is -3.81. The summed E-state index contributed by atoms with van der Waals surface area (Å²) >= 11 is 2.97. The first-order valence-corrected chi connectivity index (χ1v) is 7.67. The third-order valence-corrected chi connectivity index (χ3v) is 4.77. The van der Waals surface area contributed by atoms with Gasteiger partial charge in [0, 0.05) is 19.0 Å². The number of benzene rings is 1. The van der Waals surface area contributed by atoms with Gasteiger partial charge >= 0.3 is 0 Å². The van der Waals surface area contributed by atoms with Crippen molar-refractivity contribution < 1.29 is 17.6 Å². The van der Waals surface area contributed by atoms with Gasteiger partial charge in [0.1, 0.15) is 11.1 Å². The van der Waals surface area contributed by atoms with Crippen LogP contribution in [0.1, 0.15) is 6.42 Å². The van der Waals surface area contributed by atoms with Gasteiger partial charge in [0.05, 0.1) is 15.8 Å². The van der Waals surface area contributed by atoms with E-state index in [1.54, 1.807) is 0 Å². The topological polar surface area (TPSA) is 106 Å². The molecule has 1 aliphatic rings. The minimum Gasteiger partial charge on any atom is -0.397 e. The van der Waals surface area contributed by atoms with Gasteiger partial charge in [-0.15, -0.1) is 0 Å². The first kappa shape index (κ1) is 14.2. The summed E-state index contributed by atoms with van der Waals surface area (Å²) < 4.78 is 36.2. The van der Waals surface area contributed by atoms with Gasteiger partial charge in [-0.05, 0) is 22.0 Å². The molecule has 9 heteroatoms. The van der Waals surface area contributed by atoms with Crippen LogP contribution in [0.4, 0.5) is 15.8 Å². The second-order valence-electron chi connectivity index (χ2n) is 4.24. The Labute approximate surface area is 117 Å². The molecule has 1 aliphatic heterocycles. The van der Waals surface area contributed by atoms with E-state index < -0.39 is 27.0 Å². The number of carbonyl (C=O) groups excluding carboxylic acids is 1. The van der Waals surface area contributed by atoms with E-state index >= 15 is 0 Å². The van der Waals surface area contributed by atoms with Crippen molar-refractivity contribution in [1.82, 2.24) is 0 Å². The van der Waals surface area contributed by atoms with Gasteiger partial charge in [0.25, 0.3) is 0 Å². The smallest absolute Gasteiger partial charge is 0.228 e. The zero-order valence-corrected chi connectivity index (χ0v) is 12.0. The number of sulfonamides is 1. The molecule has 6 nitrogen and oxygen atoms in total. The zero-order valence-electron chi connectivity index (χ0n) is 9.64. The Morgan fingerprint density at radius 1 is 1.42 bits per heavy atom. The summed E-state index contributed by atoms with van der Waals surface area (Å²) in [5.41, 5.74) is 6.04. The zero-order chi connectivity index (χ0) is 14.4. The third-order valence-electron chi connectivity index (χ3n) is 2.91. The van der Waals surface area contributed by atoms with Gasteiger partial charge in [-0.1, -0.05) is 0 Å². The number of nitrogens with zero attached hydrogens (tertiary/aromatic N) is 1. The van der Waals surface area contributed by atoms with E-state index in [-0.39, 0.29) is 28.8 Å². The predicted octanol–water partition coefficient (Wildman–Crippen LogP) is 0.564. The van der Waals surface area contributed by atoms with Crippen LogP contribution in [0.15, 0.2) is 16.6 Å². The molecule has 0 bridgehead atoms. The molecule has 0 saturated carbocycles. The second-order valence-corrected chi connectivity index (χ2v) is 6.94. The maximum absolute atomic E-state index is 13.5. The highest BCUT2D eigenvalue weighted by molar-refractivity contribution is 9.10. The van der Waals surface area contributed by atoms with E-state index in [1.165, 1.54) is 6.07 Å². The van der Waals surface area contributed by atoms with Crippen molar-refractivity contribution in [3.63, 3.8) is 0 Å². The van der Waals surface area contributed by atoms with Crippen LogP contribution in [0.25, 0.3) is 0 Å². The van der Waals surface area contributed by atoms with E-state index in [4.69, 9.17) is 10.9 Å². The molecule has 1 heterocycles. The fraction of sp³-hybridized carbons (Fsp3) is 0.300. The fourth-order valence-electron chi connectivity index (χ4n) is 1.91. The molecule has 4 N–H and O–H groups in total. The van der Waals surface area contributed by atoms with Crippen molar-refractivity contribution in [1.29, 1.82) is 0 Å². The molecule has 1 atom stereocenters. The Balaban J connectivity index is 2.39. The van der Waals surface area contributed by atoms with Gasteiger partial charge in [-0.3, -0.25) is 4.79 Å². The van der Waals surface area contributed by atoms with Gasteiger partial charge in [-0.25, -0.2) is 17.9 Å². The summed E-state index contributed by atoms with van der Waals surface area (Å²) in [6, 6.07) is 2.41. The number of anilines is 2. The molecule has 1 aromatic rings. The molecule has 2 rings (SSSR count). The molecule has 1 fully saturated rings. The molecule has 0 aliphatic carbocycles. The quantitative estimate of drug-likeness (QED) is 0.759. The summed E-state index contributed by atoms with van der Waals surface area (Å²) in [6.45, 7) is -0.122.